The van der Waals surface area contributed by atoms with Crippen molar-refractivity contribution in [1.82, 2.24) is 9.97 Å². The van der Waals surface area contributed by atoms with Crippen molar-refractivity contribution in [2.24, 2.45) is 0 Å². The van der Waals surface area contributed by atoms with E-state index in [0.29, 0.717) is 10.9 Å². The fourth-order valence-electron chi connectivity index (χ4n) is 1.20. The molecule has 5 nitrogen and oxygen atoms in total. The van der Waals surface area contributed by atoms with E-state index in [9.17, 15) is 9.59 Å². The van der Waals surface area contributed by atoms with Crippen LogP contribution in [-0.2, 0) is 0 Å². The molecule has 2 rings (SSSR count). The highest BCUT2D eigenvalue weighted by atomic mass is 35.5. The number of carbonyl (C=O) groups is 1. The fraction of sp³-hybridized carbons (Fsp3) is 0. The number of carboxylic acids is 1. The maximum absolute atomic E-state index is 11.2. The summed E-state index contributed by atoms with van der Waals surface area (Å²) < 4.78 is 0. The third-order valence-corrected chi connectivity index (χ3v) is 1.89. The molecule has 0 spiro atoms. The standard InChI is InChI=1S/C9H6N2O3.ClH/c12-8-6-2-1-5(9(13)14)3-7(6)10-4-11-8;/h1-4H,(H,13,14)(H,10,11,12);1H. The predicted molar refractivity (Wildman–Crippen MR) is 56.6 cm³/mol. The summed E-state index contributed by atoms with van der Waals surface area (Å²) >= 11 is 0. The summed E-state index contributed by atoms with van der Waals surface area (Å²) in [7, 11) is 0. The molecule has 1 aromatic carbocycles. The second kappa shape index (κ2) is 4.10. The highest BCUT2D eigenvalue weighted by molar-refractivity contribution is 5.92. The Hall–Kier alpha value is -1.88. The van der Waals surface area contributed by atoms with Gasteiger partial charge < -0.3 is 10.1 Å². The van der Waals surface area contributed by atoms with Crippen molar-refractivity contribution in [3.8, 4) is 0 Å². The number of carboxylic acid groups (broad SMARTS) is 1. The minimum Gasteiger partial charge on any atom is -0.478 e. The van der Waals surface area contributed by atoms with Gasteiger partial charge in [0, 0.05) is 0 Å². The van der Waals surface area contributed by atoms with Crippen LogP contribution < -0.4 is 5.56 Å². The van der Waals surface area contributed by atoms with E-state index in [1.54, 1.807) is 0 Å². The van der Waals surface area contributed by atoms with Crippen LogP contribution in [-0.4, -0.2) is 21.0 Å². The van der Waals surface area contributed by atoms with Gasteiger partial charge in [-0.2, -0.15) is 0 Å². The third kappa shape index (κ3) is 1.97. The average Bonchev–Trinajstić information content (AvgIpc) is 2.17. The lowest BCUT2D eigenvalue weighted by molar-refractivity contribution is 0.0697. The molecule has 0 amide bonds. The van der Waals surface area contributed by atoms with E-state index in [4.69, 9.17) is 5.11 Å². The van der Waals surface area contributed by atoms with Gasteiger partial charge in [0.05, 0.1) is 22.8 Å². The number of fused-ring (bicyclic) bond motifs is 1. The Morgan fingerprint density at radius 2 is 2.13 bits per heavy atom. The molecule has 0 atom stereocenters. The molecule has 2 aromatic rings. The molecule has 0 aliphatic heterocycles. The fourth-order valence-corrected chi connectivity index (χ4v) is 1.20. The first kappa shape index (κ1) is 11.2. The molecule has 1 heterocycles. The van der Waals surface area contributed by atoms with Crippen LogP contribution in [0.25, 0.3) is 10.9 Å². The Labute approximate surface area is 90.2 Å². The predicted octanol–water partition coefficient (Wildman–Crippen LogP) is 1.04. The van der Waals surface area contributed by atoms with Crippen molar-refractivity contribution >= 4 is 29.3 Å². The molecule has 0 aliphatic carbocycles. The summed E-state index contributed by atoms with van der Waals surface area (Å²) in [6.07, 6.45) is 1.25. The van der Waals surface area contributed by atoms with Crippen LogP contribution in [0.2, 0.25) is 0 Å². The van der Waals surface area contributed by atoms with Crippen LogP contribution in [0.5, 0.6) is 0 Å². The molecular weight excluding hydrogens is 220 g/mol. The van der Waals surface area contributed by atoms with E-state index < -0.39 is 5.97 Å². The smallest absolute Gasteiger partial charge is 0.335 e. The minimum absolute atomic E-state index is 0. The van der Waals surface area contributed by atoms with Crippen LogP contribution in [0, 0.1) is 0 Å². The van der Waals surface area contributed by atoms with E-state index in [0.717, 1.165) is 0 Å². The molecule has 0 saturated carbocycles. The van der Waals surface area contributed by atoms with Gasteiger partial charge in [0.1, 0.15) is 0 Å². The first-order valence-corrected chi connectivity index (χ1v) is 3.89. The maximum Gasteiger partial charge on any atom is 0.335 e. The summed E-state index contributed by atoms with van der Waals surface area (Å²) in [5.74, 6) is -1.03. The molecule has 0 bridgehead atoms. The van der Waals surface area contributed by atoms with Gasteiger partial charge in [-0.05, 0) is 18.2 Å². The van der Waals surface area contributed by atoms with Crippen molar-refractivity contribution in [1.29, 1.82) is 0 Å². The largest absolute Gasteiger partial charge is 0.478 e. The first-order valence-electron chi connectivity index (χ1n) is 3.89. The SMILES string of the molecule is Cl.O=C(O)c1ccc2c(=O)[nH]cnc2c1. The molecule has 78 valence electrons. The van der Waals surface area contributed by atoms with Crippen molar-refractivity contribution in [2.75, 3.05) is 0 Å². The molecule has 6 heteroatoms. The van der Waals surface area contributed by atoms with Gasteiger partial charge in [0.25, 0.3) is 5.56 Å². The summed E-state index contributed by atoms with van der Waals surface area (Å²) in [5.41, 5.74) is 0.233. The van der Waals surface area contributed by atoms with E-state index >= 15 is 0 Å². The number of rotatable bonds is 1. The topological polar surface area (TPSA) is 83.0 Å². The quantitative estimate of drug-likeness (QED) is 0.761. The number of halogens is 1. The van der Waals surface area contributed by atoms with E-state index in [-0.39, 0.29) is 23.5 Å². The lowest BCUT2D eigenvalue weighted by atomic mass is 10.1. The average molecular weight is 227 g/mol. The first-order chi connectivity index (χ1) is 6.68. The van der Waals surface area contributed by atoms with Crippen LogP contribution >= 0.6 is 12.4 Å². The van der Waals surface area contributed by atoms with Crippen LogP contribution in [0.15, 0.2) is 29.3 Å². The van der Waals surface area contributed by atoms with Crippen LogP contribution in [0.3, 0.4) is 0 Å². The molecule has 2 N–H and O–H groups in total. The molecule has 15 heavy (non-hydrogen) atoms. The molecule has 0 radical (unpaired) electrons. The second-order valence-electron chi connectivity index (χ2n) is 2.77. The number of nitrogens with zero attached hydrogens (tertiary/aromatic N) is 1. The lowest BCUT2D eigenvalue weighted by Crippen LogP contribution is -2.07. The van der Waals surface area contributed by atoms with Gasteiger partial charge >= 0.3 is 5.97 Å². The van der Waals surface area contributed by atoms with Crippen LogP contribution in [0.1, 0.15) is 10.4 Å². The van der Waals surface area contributed by atoms with Gasteiger partial charge in [-0.3, -0.25) is 4.79 Å². The van der Waals surface area contributed by atoms with Gasteiger partial charge in [0.2, 0.25) is 0 Å². The van der Waals surface area contributed by atoms with E-state index in [2.05, 4.69) is 9.97 Å². The number of aromatic carboxylic acids is 1. The van der Waals surface area contributed by atoms with E-state index in [1.165, 1.54) is 24.5 Å². The van der Waals surface area contributed by atoms with Gasteiger partial charge in [-0.1, -0.05) is 0 Å². The number of aromatic amines is 1. The number of hydrogen-bond donors (Lipinski definition) is 2. The van der Waals surface area contributed by atoms with E-state index in [1.807, 2.05) is 0 Å². The Bertz CT molecular complexity index is 565. The Morgan fingerprint density at radius 3 is 2.80 bits per heavy atom. The molecule has 0 fully saturated rings. The second-order valence-corrected chi connectivity index (χ2v) is 2.77. The van der Waals surface area contributed by atoms with Gasteiger partial charge in [-0.15, -0.1) is 12.4 Å². The van der Waals surface area contributed by atoms with Gasteiger partial charge in [-0.25, -0.2) is 9.78 Å². The summed E-state index contributed by atoms with van der Waals surface area (Å²) in [5, 5.41) is 9.09. The molecule has 0 unspecified atom stereocenters. The monoisotopic (exact) mass is 226 g/mol. The molecular formula is C9H7ClN2O3. The van der Waals surface area contributed by atoms with Crippen molar-refractivity contribution in [3.05, 3.63) is 40.4 Å². The number of benzene rings is 1. The number of aromatic nitrogens is 2. The lowest BCUT2D eigenvalue weighted by Gasteiger charge is -1.96. The number of hydrogen-bond acceptors (Lipinski definition) is 3. The Morgan fingerprint density at radius 1 is 1.40 bits per heavy atom. The zero-order valence-corrected chi connectivity index (χ0v) is 8.25. The highest BCUT2D eigenvalue weighted by Gasteiger charge is 2.05. The third-order valence-electron chi connectivity index (χ3n) is 1.89. The maximum atomic E-state index is 11.2. The van der Waals surface area contributed by atoms with Crippen LogP contribution in [0.4, 0.5) is 0 Å². The van der Waals surface area contributed by atoms with Crippen molar-refractivity contribution < 1.29 is 9.90 Å². The molecule has 1 aromatic heterocycles. The highest BCUT2D eigenvalue weighted by Crippen LogP contribution is 2.08. The summed E-state index contributed by atoms with van der Waals surface area (Å²) in [6, 6.07) is 4.19. The Kier molecular flexibility index (Phi) is 3.06. The summed E-state index contributed by atoms with van der Waals surface area (Å²) in [4.78, 5) is 28.1. The molecule has 0 saturated heterocycles. The number of H-pyrrole nitrogens is 1. The zero-order chi connectivity index (χ0) is 10.1. The molecule has 0 aliphatic rings. The summed E-state index contributed by atoms with van der Waals surface area (Å²) in [6.45, 7) is 0. The van der Waals surface area contributed by atoms with Gasteiger partial charge in [0.15, 0.2) is 0 Å². The minimum atomic E-state index is -1.03. The zero-order valence-electron chi connectivity index (χ0n) is 7.43. The van der Waals surface area contributed by atoms with Crippen molar-refractivity contribution in [2.45, 2.75) is 0 Å². The Balaban J connectivity index is 0.00000112. The normalized spacial score (nSPS) is 9.60. The number of nitrogens with one attached hydrogen (secondary N) is 1. The van der Waals surface area contributed by atoms with Crippen molar-refractivity contribution in [3.63, 3.8) is 0 Å².